The molecule has 7 nitrogen and oxygen atoms in total. The highest BCUT2D eigenvalue weighted by atomic mass is 28.3. The number of ether oxygens (including phenoxy) is 2. The molecule has 0 aliphatic heterocycles. The lowest BCUT2D eigenvalue weighted by atomic mass is 10.1. The van der Waals surface area contributed by atoms with Crippen LogP contribution in [0.3, 0.4) is 0 Å². The SMILES string of the molecule is C[Si](C)(C)CCOCn1cc(CC(=O)NCC(=O)c2cn(COCc3ccccc3)c3ccccc23)c2ccccc21. The van der Waals surface area contributed by atoms with Crippen molar-refractivity contribution in [2.75, 3.05) is 13.2 Å². The number of nitrogens with zero attached hydrogens (tertiary/aromatic N) is 2. The molecule has 0 radical (unpaired) electrons. The van der Waals surface area contributed by atoms with E-state index in [-0.39, 0.29) is 24.7 Å². The standard InChI is InChI=1S/C34H39N3O4Si/c1-42(2,3)18-17-40-24-36-21-27(28-13-7-9-15-31(28)36)19-34(39)35-20-33(38)30-22-37(32-16-10-8-14-29(30)32)25-41-23-26-11-5-4-6-12-26/h4-16,21-22H,17-20,23-25H2,1-3H3,(H,35,39). The van der Waals surface area contributed by atoms with Gasteiger partial charge >= 0.3 is 0 Å². The van der Waals surface area contributed by atoms with Crippen LogP contribution in [0.1, 0.15) is 21.5 Å². The van der Waals surface area contributed by atoms with Gasteiger partial charge in [-0.2, -0.15) is 0 Å². The number of para-hydroxylation sites is 2. The first-order valence-corrected chi connectivity index (χ1v) is 18.1. The van der Waals surface area contributed by atoms with Gasteiger partial charge in [0.15, 0.2) is 5.78 Å². The highest BCUT2D eigenvalue weighted by Gasteiger charge is 2.18. The minimum absolute atomic E-state index is 0.0733. The third-order valence-electron chi connectivity index (χ3n) is 7.33. The molecular weight excluding hydrogens is 542 g/mol. The summed E-state index contributed by atoms with van der Waals surface area (Å²) < 4.78 is 15.9. The van der Waals surface area contributed by atoms with Gasteiger partial charge in [-0.25, -0.2) is 0 Å². The number of carbonyl (C=O) groups is 2. The highest BCUT2D eigenvalue weighted by Crippen LogP contribution is 2.24. The predicted molar refractivity (Wildman–Crippen MR) is 170 cm³/mol. The van der Waals surface area contributed by atoms with Crippen LogP contribution in [-0.2, 0) is 40.8 Å². The Morgan fingerprint density at radius 1 is 0.762 bits per heavy atom. The minimum Gasteiger partial charge on any atom is -0.361 e. The maximum Gasteiger partial charge on any atom is 0.224 e. The summed E-state index contributed by atoms with van der Waals surface area (Å²) in [6.45, 7) is 8.92. The first-order chi connectivity index (χ1) is 20.3. The number of nitrogens with one attached hydrogen (secondary N) is 1. The molecule has 0 unspecified atom stereocenters. The van der Waals surface area contributed by atoms with Crippen molar-refractivity contribution < 1.29 is 19.1 Å². The van der Waals surface area contributed by atoms with E-state index in [1.54, 1.807) is 0 Å². The molecule has 0 bridgehead atoms. The molecule has 2 aromatic heterocycles. The molecule has 1 amide bonds. The van der Waals surface area contributed by atoms with Crippen LogP contribution in [-0.4, -0.2) is 42.1 Å². The largest absolute Gasteiger partial charge is 0.361 e. The van der Waals surface area contributed by atoms with E-state index in [1.807, 2.05) is 95.8 Å². The van der Waals surface area contributed by atoms with Gasteiger partial charge in [-0.1, -0.05) is 86.4 Å². The average molecular weight is 582 g/mol. The molecule has 2 heterocycles. The second-order valence-electron chi connectivity index (χ2n) is 11.9. The van der Waals surface area contributed by atoms with Crippen molar-refractivity contribution in [3.63, 3.8) is 0 Å². The lowest BCUT2D eigenvalue weighted by molar-refractivity contribution is -0.120. The van der Waals surface area contributed by atoms with E-state index in [0.717, 1.165) is 45.6 Å². The van der Waals surface area contributed by atoms with Crippen LogP contribution in [0.25, 0.3) is 21.8 Å². The molecule has 0 atom stereocenters. The average Bonchev–Trinajstić information content (AvgIpc) is 3.52. The quantitative estimate of drug-likeness (QED) is 0.0908. The fourth-order valence-corrected chi connectivity index (χ4v) is 5.79. The topological polar surface area (TPSA) is 74.5 Å². The fraction of sp³-hybridized carbons (Fsp3) is 0.294. The van der Waals surface area contributed by atoms with Gasteiger partial charge in [0.05, 0.1) is 30.6 Å². The van der Waals surface area contributed by atoms with E-state index in [9.17, 15) is 9.59 Å². The molecule has 0 spiro atoms. The molecule has 0 saturated carbocycles. The van der Waals surface area contributed by atoms with E-state index in [1.165, 1.54) is 0 Å². The summed E-state index contributed by atoms with van der Waals surface area (Å²) in [5.41, 5.74) is 4.52. The molecule has 1 N–H and O–H groups in total. The molecule has 0 aliphatic rings. The van der Waals surface area contributed by atoms with E-state index in [0.29, 0.717) is 25.6 Å². The lowest BCUT2D eigenvalue weighted by Crippen LogP contribution is -2.30. The fourth-order valence-electron chi connectivity index (χ4n) is 5.03. The number of ketones is 1. The number of rotatable bonds is 14. The smallest absolute Gasteiger partial charge is 0.224 e. The third kappa shape index (κ3) is 7.45. The molecule has 5 aromatic rings. The summed E-state index contributed by atoms with van der Waals surface area (Å²) in [5.74, 6) is -0.333. The lowest BCUT2D eigenvalue weighted by Gasteiger charge is -2.15. The van der Waals surface area contributed by atoms with Crippen molar-refractivity contribution in [1.29, 1.82) is 0 Å². The minimum atomic E-state index is -1.16. The van der Waals surface area contributed by atoms with Crippen molar-refractivity contribution >= 4 is 41.6 Å². The number of amides is 1. The normalized spacial score (nSPS) is 11.8. The summed E-state index contributed by atoms with van der Waals surface area (Å²) in [7, 11) is -1.16. The Bertz CT molecular complexity index is 1670. The van der Waals surface area contributed by atoms with Crippen molar-refractivity contribution in [2.24, 2.45) is 0 Å². The number of hydrogen-bond donors (Lipinski definition) is 1. The van der Waals surface area contributed by atoms with Gasteiger partial charge < -0.3 is 23.9 Å². The van der Waals surface area contributed by atoms with Gasteiger partial charge in [0.25, 0.3) is 0 Å². The molecule has 218 valence electrons. The number of carbonyl (C=O) groups excluding carboxylic acids is 2. The second kappa shape index (κ2) is 13.3. The predicted octanol–water partition coefficient (Wildman–Crippen LogP) is 6.62. The first-order valence-electron chi connectivity index (χ1n) is 14.4. The summed E-state index contributed by atoms with van der Waals surface area (Å²) in [6.07, 6.45) is 3.99. The summed E-state index contributed by atoms with van der Waals surface area (Å²) in [4.78, 5) is 26.3. The summed E-state index contributed by atoms with van der Waals surface area (Å²) >= 11 is 0. The van der Waals surface area contributed by atoms with Gasteiger partial charge in [0, 0.05) is 43.4 Å². The Morgan fingerprint density at radius 2 is 1.38 bits per heavy atom. The number of hydrogen-bond acceptors (Lipinski definition) is 4. The van der Waals surface area contributed by atoms with Crippen LogP contribution < -0.4 is 5.32 Å². The van der Waals surface area contributed by atoms with E-state index in [4.69, 9.17) is 9.47 Å². The first kappa shape index (κ1) is 29.5. The van der Waals surface area contributed by atoms with E-state index >= 15 is 0 Å². The van der Waals surface area contributed by atoms with Gasteiger partial charge in [-0.3, -0.25) is 9.59 Å². The second-order valence-corrected chi connectivity index (χ2v) is 17.5. The Balaban J connectivity index is 1.20. The van der Waals surface area contributed by atoms with Crippen molar-refractivity contribution in [3.05, 3.63) is 108 Å². The molecular formula is C34H39N3O4Si. The number of benzene rings is 3. The van der Waals surface area contributed by atoms with Crippen LogP contribution in [0.5, 0.6) is 0 Å². The summed E-state index contributed by atoms with van der Waals surface area (Å²) in [5, 5.41) is 4.71. The van der Waals surface area contributed by atoms with Gasteiger partial charge in [0.2, 0.25) is 5.91 Å². The zero-order valence-electron chi connectivity index (χ0n) is 24.6. The van der Waals surface area contributed by atoms with Crippen molar-refractivity contribution in [3.8, 4) is 0 Å². The zero-order chi connectivity index (χ0) is 29.5. The summed E-state index contributed by atoms with van der Waals surface area (Å²) in [6, 6.07) is 26.9. The molecule has 0 fully saturated rings. The number of fused-ring (bicyclic) bond motifs is 2. The van der Waals surface area contributed by atoms with E-state index < -0.39 is 8.07 Å². The van der Waals surface area contributed by atoms with Crippen molar-refractivity contribution in [2.45, 2.75) is 52.2 Å². The Labute approximate surface area is 248 Å². The molecule has 3 aromatic carbocycles. The monoisotopic (exact) mass is 581 g/mol. The molecule has 0 aliphatic carbocycles. The molecule has 5 rings (SSSR count). The highest BCUT2D eigenvalue weighted by molar-refractivity contribution is 6.76. The van der Waals surface area contributed by atoms with Gasteiger partial charge in [-0.05, 0) is 29.3 Å². The number of Topliss-reactive ketones (excluding diaryl/α,β-unsaturated/α-hetero) is 1. The van der Waals surface area contributed by atoms with Crippen LogP contribution in [0.2, 0.25) is 25.7 Å². The zero-order valence-corrected chi connectivity index (χ0v) is 25.6. The van der Waals surface area contributed by atoms with Crippen LogP contribution in [0, 0.1) is 0 Å². The van der Waals surface area contributed by atoms with Gasteiger partial charge in [-0.15, -0.1) is 0 Å². The molecule has 42 heavy (non-hydrogen) atoms. The van der Waals surface area contributed by atoms with E-state index in [2.05, 4.69) is 29.5 Å². The van der Waals surface area contributed by atoms with Crippen LogP contribution in [0.15, 0.2) is 91.3 Å². The van der Waals surface area contributed by atoms with Crippen LogP contribution >= 0.6 is 0 Å². The Kier molecular flexibility index (Phi) is 9.37. The Hall–Kier alpha value is -3.98. The Morgan fingerprint density at radius 3 is 2.12 bits per heavy atom. The molecule has 0 saturated heterocycles. The number of aromatic nitrogens is 2. The van der Waals surface area contributed by atoms with Crippen molar-refractivity contribution in [1.82, 2.24) is 14.5 Å². The third-order valence-corrected chi connectivity index (χ3v) is 9.03. The maximum absolute atomic E-state index is 13.3. The van der Waals surface area contributed by atoms with Crippen LogP contribution in [0.4, 0.5) is 0 Å². The molecule has 8 heteroatoms. The maximum atomic E-state index is 13.3. The van der Waals surface area contributed by atoms with Gasteiger partial charge in [0.1, 0.15) is 13.5 Å².